The highest BCUT2D eigenvalue weighted by atomic mass is 32.1. The first-order chi connectivity index (χ1) is 13.7. The van der Waals surface area contributed by atoms with Crippen LogP contribution in [0.15, 0.2) is 83.4 Å². The number of hydrogen-bond acceptors (Lipinski definition) is 6. The Bertz CT molecular complexity index is 1150. The van der Waals surface area contributed by atoms with Crippen LogP contribution >= 0.6 is 11.3 Å². The summed E-state index contributed by atoms with van der Waals surface area (Å²) in [6, 6.07) is 18.3. The molecule has 0 aliphatic heterocycles. The normalized spacial score (nSPS) is 11.5. The minimum absolute atomic E-state index is 0.0659. The van der Waals surface area contributed by atoms with Crippen molar-refractivity contribution in [2.75, 3.05) is 0 Å². The molecule has 138 valence electrons. The first-order valence-corrected chi connectivity index (χ1v) is 9.37. The average molecular weight is 389 g/mol. The highest BCUT2D eigenvalue weighted by Crippen LogP contribution is 2.24. The average Bonchev–Trinajstić information content (AvgIpc) is 3.11. The highest BCUT2D eigenvalue weighted by molar-refractivity contribution is 7.07. The van der Waals surface area contributed by atoms with Crippen LogP contribution in [0.1, 0.15) is 5.56 Å². The van der Waals surface area contributed by atoms with Gasteiger partial charge in [0.1, 0.15) is 0 Å². The summed E-state index contributed by atoms with van der Waals surface area (Å²) in [5.74, 6) is 0.390. The smallest absolute Gasteiger partial charge is 0.269 e. The third-order valence-corrected chi connectivity index (χ3v) is 4.97. The van der Waals surface area contributed by atoms with E-state index in [0.29, 0.717) is 12.5 Å². The van der Waals surface area contributed by atoms with E-state index in [1.165, 1.54) is 23.5 Å². The van der Waals surface area contributed by atoms with Gasteiger partial charge >= 0.3 is 0 Å². The number of rotatable bonds is 5. The predicted octanol–water partition coefficient (Wildman–Crippen LogP) is 4.20. The van der Waals surface area contributed by atoms with E-state index in [2.05, 4.69) is 19.5 Å². The number of nitro benzene ring substituents is 1. The number of aromatic nitrogens is 3. The summed E-state index contributed by atoms with van der Waals surface area (Å²) >= 11 is 1.48. The summed E-state index contributed by atoms with van der Waals surface area (Å²) in [4.78, 5) is 24.2. The number of hydrogen-bond donors (Lipinski definition) is 0. The number of nitrogens with zero attached hydrogens (tertiary/aromatic N) is 5. The van der Waals surface area contributed by atoms with Crippen LogP contribution in [0.4, 0.5) is 11.6 Å². The van der Waals surface area contributed by atoms with Gasteiger partial charge in [-0.05, 0) is 29.3 Å². The molecule has 0 unspecified atom stereocenters. The molecule has 0 radical (unpaired) electrons. The van der Waals surface area contributed by atoms with Crippen LogP contribution in [0.25, 0.3) is 11.3 Å². The maximum absolute atomic E-state index is 10.9. The van der Waals surface area contributed by atoms with E-state index >= 15 is 0 Å². The monoisotopic (exact) mass is 389 g/mol. The Hall–Kier alpha value is -3.65. The molecule has 2 heterocycles. The number of nitro groups is 1. The van der Waals surface area contributed by atoms with Crippen molar-refractivity contribution in [3.8, 4) is 11.3 Å². The van der Waals surface area contributed by atoms with Crippen LogP contribution < -0.4 is 4.80 Å². The fraction of sp³-hybridized carbons (Fsp3) is 0.0500. The lowest BCUT2D eigenvalue weighted by Crippen LogP contribution is -2.17. The second-order valence-corrected chi connectivity index (χ2v) is 6.78. The number of benzene rings is 2. The van der Waals surface area contributed by atoms with E-state index in [9.17, 15) is 10.1 Å². The Morgan fingerprint density at radius 2 is 1.71 bits per heavy atom. The van der Waals surface area contributed by atoms with Crippen molar-refractivity contribution in [1.29, 1.82) is 0 Å². The van der Waals surface area contributed by atoms with Crippen LogP contribution in [0.3, 0.4) is 0 Å². The molecule has 0 aliphatic rings. The third-order valence-electron chi connectivity index (χ3n) is 4.10. The quantitative estimate of drug-likeness (QED) is 0.378. The molecule has 2 aromatic carbocycles. The molecule has 4 rings (SSSR count). The Labute approximate surface area is 164 Å². The van der Waals surface area contributed by atoms with Crippen molar-refractivity contribution in [3.05, 3.63) is 98.9 Å². The van der Waals surface area contributed by atoms with Crippen molar-refractivity contribution in [2.45, 2.75) is 6.54 Å². The van der Waals surface area contributed by atoms with E-state index in [-0.39, 0.29) is 5.69 Å². The maximum atomic E-state index is 10.9. The third kappa shape index (κ3) is 3.86. The topological polar surface area (TPSA) is 86.2 Å². The van der Waals surface area contributed by atoms with Crippen LogP contribution in [-0.2, 0) is 6.54 Å². The molecule has 0 saturated carbocycles. The lowest BCUT2D eigenvalue weighted by molar-refractivity contribution is -0.384. The summed E-state index contributed by atoms with van der Waals surface area (Å²) in [7, 11) is 0. The van der Waals surface area contributed by atoms with E-state index in [1.54, 1.807) is 30.6 Å². The van der Waals surface area contributed by atoms with Gasteiger partial charge in [0.2, 0.25) is 0 Å². The molecule has 0 spiro atoms. The first-order valence-electron chi connectivity index (χ1n) is 8.49. The van der Waals surface area contributed by atoms with Gasteiger partial charge in [-0.1, -0.05) is 30.3 Å². The molecule has 0 amide bonds. The van der Waals surface area contributed by atoms with Crippen molar-refractivity contribution in [2.24, 2.45) is 4.99 Å². The molecule has 28 heavy (non-hydrogen) atoms. The Kier molecular flexibility index (Phi) is 5.03. The van der Waals surface area contributed by atoms with E-state index in [0.717, 1.165) is 21.6 Å². The standard InChI is InChI=1S/C20H15N5O2S/c26-25(27)17-9-7-16(8-10-17)18-14-28-20(23-19-21-11-4-12-22-19)24(18)13-15-5-2-1-3-6-15/h1-12,14H,13H2/b23-20-. The second kappa shape index (κ2) is 7.93. The zero-order valence-electron chi connectivity index (χ0n) is 14.7. The molecule has 0 saturated heterocycles. The van der Waals surface area contributed by atoms with Crippen molar-refractivity contribution < 1.29 is 4.92 Å². The molecule has 8 heteroatoms. The minimum atomic E-state index is -0.400. The van der Waals surface area contributed by atoms with Gasteiger partial charge in [0.25, 0.3) is 11.6 Å². The molecule has 2 aromatic heterocycles. The van der Waals surface area contributed by atoms with Crippen molar-refractivity contribution in [3.63, 3.8) is 0 Å². The summed E-state index contributed by atoms with van der Waals surface area (Å²) in [6.07, 6.45) is 3.30. The van der Waals surface area contributed by atoms with Gasteiger partial charge in [0.15, 0.2) is 4.80 Å². The van der Waals surface area contributed by atoms with Gasteiger partial charge in [-0.25, -0.2) is 9.97 Å². The molecular formula is C20H15N5O2S. The van der Waals surface area contributed by atoms with Crippen molar-refractivity contribution in [1.82, 2.24) is 14.5 Å². The fourth-order valence-corrected chi connectivity index (χ4v) is 3.66. The van der Waals surface area contributed by atoms with E-state index in [1.807, 2.05) is 35.7 Å². The molecular weight excluding hydrogens is 374 g/mol. The largest absolute Gasteiger partial charge is 0.312 e. The lowest BCUT2D eigenvalue weighted by atomic mass is 10.1. The fourth-order valence-electron chi connectivity index (χ4n) is 2.76. The molecule has 0 N–H and O–H groups in total. The lowest BCUT2D eigenvalue weighted by Gasteiger charge is -2.09. The zero-order chi connectivity index (χ0) is 19.3. The maximum Gasteiger partial charge on any atom is 0.269 e. The minimum Gasteiger partial charge on any atom is -0.312 e. The molecule has 0 atom stereocenters. The van der Waals surface area contributed by atoms with Gasteiger partial charge in [-0.2, -0.15) is 4.99 Å². The van der Waals surface area contributed by atoms with Crippen LogP contribution in [-0.4, -0.2) is 19.5 Å². The van der Waals surface area contributed by atoms with Gasteiger partial charge < -0.3 is 4.57 Å². The molecule has 0 aliphatic carbocycles. The second-order valence-electron chi connectivity index (χ2n) is 5.94. The van der Waals surface area contributed by atoms with Crippen LogP contribution in [0.2, 0.25) is 0 Å². The Morgan fingerprint density at radius 3 is 2.39 bits per heavy atom. The van der Waals surface area contributed by atoms with Gasteiger partial charge in [-0.15, -0.1) is 11.3 Å². The molecule has 7 nitrogen and oxygen atoms in total. The predicted molar refractivity (Wildman–Crippen MR) is 107 cm³/mol. The Balaban J connectivity index is 1.82. The number of non-ortho nitro benzene ring substituents is 1. The summed E-state index contributed by atoms with van der Waals surface area (Å²) < 4.78 is 2.07. The van der Waals surface area contributed by atoms with Crippen LogP contribution in [0, 0.1) is 10.1 Å². The first kappa shape index (κ1) is 17.7. The molecule has 4 aromatic rings. The van der Waals surface area contributed by atoms with E-state index < -0.39 is 4.92 Å². The van der Waals surface area contributed by atoms with Gasteiger partial charge in [0, 0.05) is 29.9 Å². The number of thiazole rings is 1. The molecule has 0 bridgehead atoms. The SMILES string of the molecule is O=[N+]([O-])c1ccc(-c2cs/c(=N\c3ncccn3)n2Cc2ccccc2)cc1. The van der Waals surface area contributed by atoms with Gasteiger partial charge in [0.05, 0.1) is 17.2 Å². The van der Waals surface area contributed by atoms with Crippen molar-refractivity contribution >= 4 is 23.0 Å². The van der Waals surface area contributed by atoms with E-state index in [4.69, 9.17) is 0 Å². The Morgan fingerprint density at radius 1 is 1.00 bits per heavy atom. The molecule has 0 fully saturated rings. The highest BCUT2D eigenvalue weighted by Gasteiger charge is 2.11. The summed E-state index contributed by atoms with van der Waals surface area (Å²) in [5.41, 5.74) is 3.00. The summed E-state index contributed by atoms with van der Waals surface area (Å²) in [6.45, 7) is 0.613. The van der Waals surface area contributed by atoms with Crippen LogP contribution in [0.5, 0.6) is 0 Å². The zero-order valence-corrected chi connectivity index (χ0v) is 15.5. The summed E-state index contributed by atoms with van der Waals surface area (Å²) in [5, 5.41) is 12.9. The van der Waals surface area contributed by atoms with Gasteiger partial charge in [-0.3, -0.25) is 10.1 Å².